The standard InChI is InChI=1S/C23H23FN2O3S/c1-15-12-16(2)22(17(3)13-15)25-23(27)18-6-5-7-21(14-18)30(28,29)26(4)20-10-8-19(24)9-11-20/h5-14H,1-4H3,(H,25,27). The summed E-state index contributed by atoms with van der Waals surface area (Å²) in [5.74, 6) is -0.851. The molecule has 1 amide bonds. The van der Waals surface area contributed by atoms with Gasteiger partial charge in [-0.2, -0.15) is 0 Å². The van der Waals surface area contributed by atoms with E-state index in [9.17, 15) is 17.6 Å². The Morgan fingerprint density at radius 2 is 1.53 bits per heavy atom. The molecule has 0 unspecified atom stereocenters. The number of nitrogens with one attached hydrogen (secondary N) is 1. The highest BCUT2D eigenvalue weighted by molar-refractivity contribution is 7.92. The van der Waals surface area contributed by atoms with E-state index in [1.165, 1.54) is 49.5 Å². The number of sulfonamides is 1. The normalized spacial score (nSPS) is 11.2. The number of carbonyl (C=O) groups is 1. The van der Waals surface area contributed by atoms with Crippen molar-refractivity contribution in [3.63, 3.8) is 0 Å². The number of anilines is 2. The van der Waals surface area contributed by atoms with Crippen molar-refractivity contribution >= 4 is 27.3 Å². The molecule has 0 aliphatic heterocycles. The van der Waals surface area contributed by atoms with E-state index < -0.39 is 21.7 Å². The highest BCUT2D eigenvalue weighted by atomic mass is 32.2. The van der Waals surface area contributed by atoms with Crippen LogP contribution in [0.25, 0.3) is 0 Å². The van der Waals surface area contributed by atoms with Gasteiger partial charge in [-0.3, -0.25) is 9.10 Å². The lowest BCUT2D eigenvalue weighted by Gasteiger charge is -2.20. The van der Waals surface area contributed by atoms with E-state index in [1.807, 2.05) is 32.9 Å². The molecule has 0 heterocycles. The minimum Gasteiger partial charge on any atom is -0.322 e. The Morgan fingerprint density at radius 1 is 0.933 bits per heavy atom. The lowest BCUT2D eigenvalue weighted by Crippen LogP contribution is -2.27. The summed E-state index contributed by atoms with van der Waals surface area (Å²) in [5.41, 5.74) is 4.21. The average Bonchev–Trinajstić information content (AvgIpc) is 2.70. The van der Waals surface area contributed by atoms with E-state index in [0.29, 0.717) is 11.4 Å². The molecule has 0 atom stereocenters. The van der Waals surface area contributed by atoms with Crippen LogP contribution < -0.4 is 9.62 Å². The van der Waals surface area contributed by atoms with Crippen LogP contribution in [0.5, 0.6) is 0 Å². The topological polar surface area (TPSA) is 66.5 Å². The first-order valence-electron chi connectivity index (χ1n) is 9.33. The maximum Gasteiger partial charge on any atom is 0.264 e. The summed E-state index contributed by atoms with van der Waals surface area (Å²) in [4.78, 5) is 12.8. The van der Waals surface area contributed by atoms with Crippen LogP contribution in [0, 0.1) is 26.6 Å². The van der Waals surface area contributed by atoms with Gasteiger partial charge in [0.15, 0.2) is 0 Å². The van der Waals surface area contributed by atoms with Crippen LogP contribution in [-0.2, 0) is 10.0 Å². The molecule has 7 heteroatoms. The Bertz CT molecular complexity index is 1180. The second-order valence-electron chi connectivity index (χ2n) is 7.20. The van der Waals surface area contributed by atoms with Crippen LogP contribution in [0.2, 0.25) is 0 Å². The third-order valence-corrected chi connectivity index (χ3v) is 6.64. The molecule has 0 aromatic heterocycles. The minimum absolute atomic E-state index is 0.0284. The number of hydrogen-bond acceptors (Lipinski definition) is 3. The quantitative estimate of drug-likeness (QED) is 0.636. The lowest BCUT2D eigenvalue weighted by molar-refractivity contribution is 0.102. The Morgan fingerprint density at radius 3 is 2.13 bits per heavy atom. The van der Waals surface area contributed by atoms with Gasteiger partial charge in [0.25, 0.3) is 15.9 Å². The van der Waals surface area contributed by atoms with E-state index >= 15 is 0 Å². The molecule has 0 saturated carbocycles. The third-order valence-electron chi connectivity index (χ3n) is 4.86. The van der Waals surface area contributed by atoms with Gasteiger partial charge in [-0.25, -0.2) is 12.8 Å². The van der Waals surface area contributed by atoms with Crippen LogP contribution in [-0.4, -0.2) is 21.4 Å². The van der Waals surface area contributed by atoms with Gasteiger partial charge in [0, 0.05) is 18.3 Å². The van der Waals surface area contributed by atoms with Crippen LogP contribution in [0.1, 0.15) is 27.0 Å². The molecule has 0 radical (unpaired) electrons. The summed E-state index contributed by atoms with van der Waals surface area (Å²) in [6.07, 6.45) is 0. The SMILES string of the molecule is Cc1cc(C)c(NC(=O)c2cccc(S(=O)(=O)N(C)c3ccc(F)cc3)c2)c(C)c1. The Balaban J connectivity index is 1.90. The van der Waals surface area contributed by atoms with Crippen LogP contribution in [0.3, 0.4) is 0 Å². The summed E-state index contributed by atoms with van der Waals surface area (Å²) in [7, 11) is -2.54. The number of rotatable bonds is 5. The number of carbonyl (C=O) groups excluding carboxylic acids is 1. The molecule has 0 fully saturated rings. The number of hydrogen-bond donors (Lipinski definition) is 1. The molecule has 30 heavy (non-hydrogen) atoms. The maximum atomic E-state index is 13.2. The van der Waals surface area contributed by atoms with Gasteiger partial charge in [-0.05, 0) is 74.4 Å². The zero-order valence-electron chi connectivity index (χ0n) is 17.2. The van der Waals surface area contributed by atoms with Gasteiger partial charge < -0.3 is 5.32 Å². The highest BCUT2D eigenvalue weighted by Gasteiger charge is 2.23. The van der Waals surface area contributed by atoms with E-state index in [4.69, 9.17) is 0 Å². The van der Waals surface area contributed by atoms with Gasteiger partial charge in [0.2, 0.25) is 0 Å². The van der Waals surface area contributed by atoms with Crippen molar-refractivity contribution in [1.29, 1.82) is 0 Å². The summed E-state index contributed by atoms with van der Waals surface area (Å²) >= 11 is 0. The first kappa shape index (κ1) is 21.5. The van der Waals surface area contributed by atoms with Gasteiger partial charge in [-0.1, -0.05) is 23.8 Å². The predicted octanol–water partition coefficient (Wildman–Crippen LogP) is 4.83. The second kappa shape index (κ2) is 8.28. The highest BCUT2D eigenvalue weighted by Crippen LogP contribution is 2.25. The molecular formula is C23H23FN2O3S. The maximum absolute atomic E-state index is 13.2. The fourth-order valence-electron chi connectivity index (χ4n) is 3.31. The van der Waals surface area contributed by atoms with Crippen molar-refractivity contribution < 1.29 is 17.6 Å². The molecular weight excluding hydrogens is 403 g/mol. The molecule has 3 aromatic carbocycles. The van der Waals surface area contributed by atoms with Crippen molar-refractivity contribution in [1.82, 2.24) is 0 Å². The zero-order valence-corrected chi connectivity index (χ0v) is 18.0. The van der Waals surface area contributed by atoms with E-state index in [2.05, 4.69) is 5.32 Å². The predicted molar refractivity (Wildman–Crippen MR) is 117 cm³/mol. The van der Waals surface area contributed by atoms with E-state index in [0.717, 1.165) is 21.0 Å². The first-order chi connectivity index (χ1) is 14.1. The van der Waals surface area contributed by atoms with Crippen LogP contribution >= 0.6 is 0 Å². The number of halogens is 1. The van der Waals surface area contributed by atoms with Gasteiger partial charge >= 0.3 is 0 Å². The molecule has 156 valence electrons. The molecule has 0 bridgehead atoms. The smallest absolute Gasteiger partial charge is 0.264 e. The average molecular weight is 427 g/mol. The van der Waals surface area contributed by atoms with Gasteiger partial charge in [0.1, 0.15) is 5.82 Å². The van der Waals surface area contributed by atoms with Crippen molar-refractivity contribution in [3.05, 3.63) is 88.7 Å². The zero-order chi connectivity index (χ0) is 22.1. The molecule has 0 spiro atoms. The Kier molecular flexibility index (Phi) is 5.94. The van der Waals surface area contributed by atoms with E-state index in [-0.39, 0.29) is 10.5 Å². The fourth-order valence-corrected chi connectivity index (χ4v) is 4.55. The molecule has 0 aliphatic carbocycles. The molecule has 5 nitrogen and oxygen atoms in total. The number of nitrogens with zero attached hydrogens (tertiary/aromatic N) is 1. The summed E-state index contributed by atoms with van der Waals surface area (Å²) in [6, 6.07) is 14.9. The second-order valence-corrected chi connectivity index (χ2v) is 9.17. The number of amides is 1. The number of aryl methyl sites for hydroxylation is 3. The Labute approximate surface area is 176 Å². The van der Waals surface area contributed by atoms with Gasteiger partial charge in [0.05, 0.1) is 10.6 Å². The monoisotopic (exact) mass is 426 g/mol. The van der Waals surface area contributed by atoms with Crippen molar-refractivity contribution in [2.75, 3.05) is 16.7 Å². The fraction of sp³-hybridized carbons (Fsp3) is 0.174. The molecule has 1 N–H and O–H groups in total. The lowest BCUT2D eigenvalue weighted by atomic mass is 10.0. The molecule has 0 aliphatic rings. The molecule has 0 saturated heterocycles. The largest absolute Gasteiger partial charge is 0.322 e. The third kappa shape index (κ3) is 4.36. The van der Waals surface area contributed by atoms with Crippen molar-refractivity contribution in [2.24, 2.45) is 0 Å². The van der Waals surface area contributed by atoms with Crippen molar-refractivity contribution in [3.8, 4) is 0 Å². The van der Waals surface area contributed by atoms with Gasteiger partial charge in [-0.15, -0.1) is 0 Å². The minimum atomic E-state index is -3.92. The summed E-state index contributed by atoms with van der Waals surface area (Å²) in [6.45, 7) is 5.81. The van der Waals surface area contributed by atoms with Crippen LogP contribution in [0.15, 0.2) is 65.6 Å². The summed E-state index contributed by atoms with van der Waals surface area (Å²) in [5, 5.41) is 2.88. The van der Waals surface area contributed by atoms with Crippen LogP contribution in [0.4, 0.5) is 15.8 Å². The van der Waals surface area contributed by atoms with Crippen molar-refractivity contribution in [2.45, 2.75) is 25.7 Å². The van der Waals surface area contributed by atoms with E-state index in [1.54, 1.807) is 6.07 Å². The molecule has 3 aromatic rings. The molecule has 3 rings (SSSR count). The number of benzene rings is 3. The Hall–Kier alpha value is -3.19. The summed E-state index contributed by atoms with van der Waals surface area (Å²) < 4.78 is 40.2. The first-order valence-corrected chi connectivity index (χ1v) is 10.8.